The largest absolute Gasteiger partial charge is 0.416 e. The summed E-state index contributed by atoms with van der Waals surface area (Å²) in [6, 6.07) is 24.5. The molecule has 0 unspecified atom stereocenters. The minimum Gasteiger partial charge on any atom is -0.337 e. The Morgan fingerprint density at radius 3 is 2.00 bits per heavy atom. The van der Waals surface area contributed by atoms with Gasteiger partial charge in [0.1, 0.15) is 0 Å². The van der Waals surface area contributed by atoms with Gasteiger partial charge in [0.2, 0.25) is 5.91 Å². The van der Waals surface area contributed by atoms with Gasteiger partial charge in [0.05, 0.1) is 11.3 Å². The first kappa shape index (κ1) is 22.0. The van der Waals surface area contributed by atoms with Crippen LogP contribution in [0.1, 0.15) is 16.7 Å². The van der Waals surface area contributed by atoms with Crippen LogP contribution in [0, 0.1) is 0 Å². The van der Waals surface area contributed by atoms with Gasteiger partial charge >= 0.3 is 6.18 Å². The summed E-state index contributed by atoms with van der Waals surface area (Å²) in [6.07, 6.45) is -3.68. The second-order valence-electron chi connectivity index (χ2n) is 6.85. The molecule has 0 radical (unpaired) electrons. The van der Waals surface area contributed by atoms with Gasteiger partial charge in [-0.25, -0.2) is 0 Å². The summed E-state index contributed by atoms with van der Waals surface area (Å²) in [5.41, 5.74) is 1.10. The monoisotopic (exact) mass is 429 g/mol. The molecule has 156 valence electrons. The first-order valence-electron chi connectivity index (χ1n) is 9.57. The predicted molar refractivity (Wildman–Crippen MR) is 114 cm³/mol. The van der Waals surface area contributed by atoms with E-state index in [-0.39, 0.29) is 18.2 Å². The van der Waals surface area contributed by atoms with Crippen LogP contribution < -0.4 is 0 Å². The molecule has 0 N–H and O–H groups in total. The van der Waals surface area contributed by atoms with E-state index in [0.29, 0.717) is 18.5 Å². The zero-order valence-corrected chi connectivity index (χ0v) is 17.1. The van der Waals surface area contributed by atoms with Crippen LogP contribution in [0.2, 0.25) is 0 Å². The van der Waals surface area contributed by atoms with Gasteiger partial charge in [0, 0.05) is 18.0 Å². The molecule has 0 saturated carbocycles. The number of hydrogen-bond donors (Lipinski definition) is 0. The highest BCUT2D eigenvalue weighted by molar-refractivity contribution is 8.00. The first-order valence-corrected chi connectivity index (χ1v) is 10.6. The van der Waals surface area contributed by atoms with Gasteiger partial charge in [0.15, 0.2) is 0 Å². The zero-order chi connectivity index (χ0) is 21.4. The molecule has 0 bridgehead atoms. The lowest BCUT2D eigenvalue weighted by Gasteiger charge is -2.23. The van der Waals surface area contributed by atoms with Gasteiger partial charge in [-0.1, -0.05) is 60.7 Å². The quantitative estimate of drug-likeness (QED) is 0.405. The average molecular weight is 430 g/mol. The van der Waals surface area contributed by atoms with E-state index in [4.69, 9.17) is 0 Å². The normalized spacial score (nSPS) is 11.3. The van der Waals surface area contributed by atoms with E-state index in [1.54, 1.807) is 4.90 Å². The minimum atomic E-state index is -4.37. The van der Waals surface area contributed by atoms with E-state index in [2.05, 4.69) is 0 Å². The molecule has 0 aliphatic rings. The van der Waals surface area contributed by atoms with Crippen molar-refractivity contribution in [2.24, 2.45) is 0 Å². The number of hydrogen-bond acceptors (Lipinski definition) is 2. The lowest BCUT2D eigenvalue weighted by Crippen LogP contribution is -2.33. The zero-order valence-electron chi connectivity index (χ0n) is 16.3. The summed E-state index contributed by atoms with van der Waals surface area (Å²) >= 11 is 1.45. The molecule has 0 heterocycles. The fraction of sp³-hybridized carbons (Fsp3) is 0.208. The number of halogens is 3. The van der Waals surface area contributed by atoms with Crippen molar-refractivity contribution in [3.8, 4) is 0 Å². The number of carbonyl (C=O) groups excluding carboxylic acids is 1. The molecule has 30 heavy (non-hydrogen) atoms. The number of thioether (sulfide) groups is 1. The Bertz CT molecular complexity index is 928. The van der Waals surface area contributed by atoms with Crippen LogP contribution in [-0.2, 0) is 23.9 Å². The molecule has 1 amide bonds. The molecule has 3 aromatic carbocycles. The number of carbonyl (C=O) groups is 1. The average Bonchev–Trinajstić information content (AvgIpc) is 2.76. The molecule has 0 fully saturated rings. The summed E-state index contributed by atoms with van der Waals surface area (Å²) in [5.74, 6) is 0.235. The van der Waals surface area contributed by atoms with E-state index in [9.17, 15) is 18.0 Å². The van der Waals surface area contributed by atoms with E-state index in [1.165, 1.54) is 23.9 Å². The number of rotatable bonds is 8. The number of benzene rings is 3. The van der Waals surface area contributed by atoms with Crippen LogP contribution in [0.4, 0.5) is 13.2 Å². The Morgan fingerprint density at radius 2 is 1.40 bits per heavy atom. The van der Waals surface area contributed by atoms with Crippen LogP contribution >= 0.6 is 11.8 Å². The van der Waals surface area contributed by atoms with Gasteiger partial charge in [-0.2, -0.15) is 13.2 Å². The number of alkyl halides is 3. The molecule has 0 aliphatic heterocycles. The highest BCUT2D eigenvalue weighted by atomic mass is 32.2. The van der Waals surface area contributed by atoms with Crippen LogP contribution in [0.5, 0.6) is 0 Å². The molecule has 3 rings (SSSR count). The van der Waals surface area contributed by atoms with Crippen LogP contribution in [-0.4, -0.2) is 23.1 Å². The van der Waals surface area contributed by atoms with Crippen LogP contribution in [0.25, 0.3) is 0 Å². The smallest absolute Gasteiger partial charge is 0.337 e. The molecule has 0 aromatic heterocycles. The van der Waals surface area contributed by atoms with Gasteiger partial charge in [-0.3, -0.25) is 4.79 Å². The highest BCUT2D eigenvalue weighted by Crippen LogP contribution is 2.29. The van der Waals surface area contributed by atoms with Crippen molar-refractivity contribution < 1.29 is 18.0 Å². The summed E-state index contributed by atoms with van der Waals surface area (Å²) in [7, 11) is 0. The number of nitrogens with zero attached hydrogens (tertiary/aromatic N) is 1. The molecule has 0 spiro atoms. The topological polar surface area (TPSA) is 20.3 Å². The van der Waals surface area contributed by atoms with Crippen molar-refractivity contribution in [3.05, 3.63) is 102 Å². The summed E-state index contributed by atoms with van der Waals surface area (Å²) in [6.45, 7) is 0.776. The molecule has 0 saturated heterocycles. The van der Waals surface area contributed by atoms with Crippen molar-refractivity contribution in [2.75, 3.05) is 12.3 Å². The van der Waals surface area contributed by atoms with Gasteiger partial charge in [0.25, 0.3) is 0 Å². The molecule has 0 atom stereocenters. The Labute approximate surface area is 178 Å². The maximum absolute atomic E-state index is 12.9. The SMILES string of the molecule is O=C(CSc1ccccc1)N(CCc1ccccc1)Cc1ccc(C(F)(F)F)cc1. The standard InChI is InChI=1S/C24H22F3NOS/c25-24(26,27)21-13-11-20(12-14-21)17-28(16-15-19-7-3-1-4-8-19)23(29)18-30-22-9-5-2-6-10-22/h1-14H,15-18H2. The minimum absolute atomic E-state index is 0.0420. The molecule has 3 aromatic rings. The van der Waals surface area contributed by atoms with Gasteiger partial charge in [-0.15, -0.1) is 11.8 Å². The first-order chi connectivity index (χ1) is 14.4. The van der Waals surface area contributed by atoms with Crippen LogP contribution in [0.15, 0.2) is 89.8 Å². The second-order valence-corrected chi connectivity index (χ2v) is 7.90. The molecule has 6 heteroatoms. The van der Waals surface area contributed by atoms with Crippen molar-refractivity contribution in [3.63, 3.8) is 0 Å². The number of amides is 1. The predicted octanol–water partition coefficient (Wildman–Crippen LogP) is 6.07. The molecule has 0 aliphatic carbocycles. The Morgan fingerprint density at radius 1 is 0.800 bits per heavy atom. The molecule has 2 nitrogen and oxygen atoms in total. The van der Waals surface area contributed by atoms with Crippen molar-refractivity contribution in [1.29, 1.82) is 0 Å². The van der Waals surface area contributed by atoms with Gasteiger partial charge < -0.3 is 4.90 Å². The van der Waals surface area contributed by atoms with E-state index in [1.807, 2.05) is 60.7 Å². The van der Waals surface area contributed by atoms with E-state index in [0.717, 1.165) is 22.6 Å². The maximum atomic E-state index is 12.9. The third kappa shape index (κ3) is 6.66. The van der Waals surface area contributed by atoms with Crippen LogP contribution in [0.3, 0.4) is 0 Å². The Hall–Kier alpha value is -2.73. The lowest BCUT2D eigenvalue weighted by molar-refractivity contribution is -0.137. The van der Waals surface area contributed by atoms with E-state index < -0.39 is 11.7 Å². The Balaban J connectivity index is 1.68. The van der Waals surface area contributed by atoms with Gasteiger partial charge in [-0.05, 0) is 41.8 Å². The molecular weight excluding hydrogens is 407 g/mol. The molecular formula is C24H22F3NOS. The van der Waals surface area contributed by atoms with E-state index >= 15 is 0 Å². The van der Waals surface area contributed by atoms with Crippen molar-refractivity contribution >= 4 is 17.7 Å². The highest BCUT2D eigenvalue weighted by Gasteiger charge is 2.30. The summed E-state index contributed by atoms with van der Waals surface area (Å²) in [4.78, 5) is 15.6. The summed E-state index contributed by atoms with van der Waals surface area (Å²) in [5, 5.41) is 0. The second kappa shape index (κ2) is 10.3. The summed E-state index contributed by atoms with van der Waals surface area (Å²) < 4.78 is 38.4. The maximum Gasteiger partial charge on any atom is 0.416 e. The van der Waals surface area contributed by atoms with Crippen molar-refractivity contribution in [2.45, 2.75) is 24.0 Å². The third-order valence-electron chi connectivity index (χ3n) is 4.63. The fourth-order valence-electron chi connectivity index (χ4n) is 2.97. The Kier molecular flexibility index (Phi) is 7.57. The third-order valence-corrected chi connectivity index (χ3v) is 5.62. The van der Waals surface area contributed by atoms with Crippen molar-refractivity contribution in [1.82, 2.24) is 4.90 Å². The fourth-order valence-corrected chi connectivity index (χ4v) is 3.80. The lowest BCUT2D eigenvalue weighted by atomic mass is 10.1.